The Balaban J connectivity index is 1.50. The van der Waals surface area contributed by atoms with Crippen LogP contribution in [0.3, 0.4) is 0 Å². The summed E-state index contributed by atoms with van der Waals surface area (Å²) in [7, 11) is 2.71. The fourth-order valence-corrected chi connectivity index (χ4v) is 5.75. The van der Waals surface area contributed by atoms with E-state index >= 15 is 0 Å². The van der Waals surface area contributed by atoms with Gasteiger partial charge in [-0.25, -0.2) is 15.0 Å². The van der Waals surface area contributed by atoms with Crippen molar-refractivity contribution in [3.05, 3.63) is 24.3 Å². The second kappa shape index (κ2) is 10.1. The largest absolute Gasteiger partial charge is 0.469 e. The maximum Gasteiger partial charge on any atom is 0.311 e. The average molecular weight is 536 g/mol. The van der Waals surface area contributed by atoms with Crippen LogP contribution in [0.25, 0.3) is 11.2 Å². The molecule has 2 saturated heterocycles. The fraction of sp³-hybridized carbons (Fsp3) is 0.667. The normalized spacial score (nSPS) is 38.0. The Labute approximate surface area is 218 Å². The molecule has 5 rings (SSSR count). The Kier molecular flexibility index (Phi) is 7.15. The number of aliphatic hydroxyl groups is 3. The predicted molar refractivity (Wildman–Crippen MR) is 129 cm³/mol. The summed E-state index contributed by atoms with van der Waals surface area (Å²) < 4.78 is 30.7. The van der Waals surface area contributed by atoms with Crippen molar-refractivity contribution in [1.29, 1.82) is 0 Å². The molecule has 1 aliphatic carbocycles. The number of anilines is 1. The molecule has 0 amide bonds. The number of aliphatic hydroxyl groups excluding tert-OH is 2. The molecule has 4 heterocycles. The molecule has 5 unspecified atom stereocenters. The molecule has 1 saturated carbocycles. The number of nitrogen functional groups attached to an aromatic ring is 1. The molecule has 14 heteroatoms. The van der Waals surface area contributed by atoms with Crippen LogP contribution in [0.5, 0.6) is 0 Å². The number of carbonyl (C=O) groups excluding carboxylic acids is 1. The molecular weight excluding hydrogens is 502 g/mol. The summed E-state index contributed by atoms with van der Waals surface area (Å²) in [4.78, 5) is 25.1. The zero-order valence-electron chi connectivity index (χ0n) is 21.5. The highest BCUT2D eigenvalue weighted by Gasteiger charge is 2.65. The van der Waals surface area contributed by atoms with E-state index in [1.165, 1.54) is 26.9 Å². The number of ether oxygens (including phenoxy) is 5. The van der Waals surface area contributed by atoms with Crippen LogP contribution in [-0.4, -0.2) is 97.6 Å². The molecule has 10 atom stereocenters. The van der Waals surface area contributed by atoms with E-state index in [9.17, 15) is 20.1 Å². The monoisotopic (exact) mass is 535 g/mol. The van der Waals surface area contributed by atoms with Gasteiger partial charge in [0.1, 0.15) is 30.2 Å². The van der Waals surface area contributed by atoms with Crippen molar-refractivity contribution >= 4 is 23.0 Å². The number of methoxy groups -OCH3 is 2. The van der Waals surface area contributed by atoms with Crippen LogP contribution in [0.2, 0.25) is 0 Å². The molecule has 208 valence electrons. The van der Waals surface area contributed by atoms with Gasteiger partial charge in [0.05, 0.1) is 31.6 Å². The van der Waals surface area contributed by atoms with Gasteiger partial charge in [-0.15, -0.1) is 0 Å². The van der Waals surface area contributed by atoms with Gasteiger partial charge in [-0.05, 0) is 32.3 Å². The molecule has 38 heavy (non-hydrogen) atoms. The van der Waals surface area contributed by atoms with Gasteiger partial charge in [0, 0.05) is 13.0 Å². The van der Waals surface area contributed by atoms with Gasteiger partial charge in [0.2, 0.25) is 0 Å². The summed E-state index contributed by atoms with van der Waals surface area (Å²) in [5.74, 6) is -4.23. The van der Waals surface area contributed by atoms with E-state index in [4.69, 9.17) is 29.4 Å². The Bertz CT molecular complexity index is 1220. The van der Waals surface area contributed by atoms with Gasteiger partial charge >= 0.3 is 5.97 Å². The van der Waals surface area contributed by atoms with E-state index in [0.29, 0.717) is 16.7 Å². The van der Waals surface area contributed by atoms with Crippen LogP contribution in [0.15, 0.2) is 24.3 Å². The summed E-state index contributed by atoms with van der Waals surface area (Å²) in [6.07, 6.45) is -2.48. The van der Waals surface area contributed by atoms with E-state index in [1.807, 2.05) is 0 Å². The van der Waals surface area contributed by atoms with E-state index in [0.717, 1.165) is 0 Å². The second-order valence-electron chi connectivity index (χ2n) is 9.91. The zero-order valence-corrected chi connectivity index (χ0v) is 21.5. The van der Waals surface area contributed by atoms with Crippen molar-refractivity contribution in [3.63, 3.8) is 0 Å². The number of nitrogens with zero attached hydrogens (tertiary/aromatic N) is 4. The number of carbonyl (C=O) groups is 1. The SMILES string of the molecule is C/C=C(\C)C(O)O[C@H]1[C@H](O)C(C(=O)OC)CC2CC3O[C@@H](n4cnc5c(N)ncnc54)[C@H](OC)C3O[C@]21O. The second-order valence-corrected chi connectivity index (χ2v) is 9.91. The van der Waals surface area contributed by atoms with Crippen molar-refractivity contribution < 1.29 is 43.8 Å². The zero-order chi connectivity index (χ0) is 27.4. The van der Waals surface area contributed by atoms with Gasteiger partial charge in [0.15, 0.2) is 29.8 Å². The molecule has 14 nitrogen and oxygen atoms in total. The first-order valence-electron chi connectivity index (χ1n) is 12.4. The lowest BCUT2D eigenvalue weighted by Gasteiger charge is -2.54. The van der Waals surface area contributed by atoms with Gasteiger partial charge in [-0.2, -0.15) is 0 Å². The van der Waals surface area contributed by atoms with Gasteiger partial charge in [0.25, 0.3) is 0 Å². The third kappa shape index (κ3) is 4.16. The van der Waals surface area contributed by atoms with E-state index in [2.05, 4.69) is 15.0 Å². The van der Waals surface area contributed by atoms with Gasteiger partial charge < -0.3 is 44.7 Å². The van der Waals surface area contributed by atoms with Crippen molar-refractivity contribution in [1.82, 2.24) is 19.5 Å². The Hall–Kier alpha value is -2.72. The van der Waals surface area contributed by atoms with E-state index in [-0.39, 0.29) is 18.7 Å². The number of imidazole rings is 1. The third-order valence-corrected chi connectivity index (χ3v) is 7.94. The maximum absolute atomic E-state index is 12.5. The first-order chi connectivity index (χ1) is 18.1. The summed E-state index contributed by atoms with van der Waals surface area (Å²) in [6, 6.07) is 0. The Morgan fingerprint density at radius 3 is 2.76 bits per heavy atom. The van der Waals surface area contributed by atoms with Crippen LogP contribution in [0.4, 0.5) is 5.82 Å². The van der Waals surface area contributed by atoms with Crippen LogP contribution in [0, 0.1) is 11.8 Å². The summed E-state index contributed by atoms with van der Waals surface area (Å²) in [6.45, 7) is 3.35. The van der Waals surface area contributed by atoms with Crippen molar-refractivity contribution in [2.75, 3.05) is 20.0 Å². The molecule has 2 aliphatic heterocycles. The minimum atomic E-state index is -2.07. The lowest BCUT2D eigenvalue weighted by atomic mass is 9.69. The number of aromatic nitrogens is 4. The van der Waals surface area contributed by atoms with Crippen LogP contribution < -0.4 is 5.73 Å². The summed E-state index contributed by atoms with van der Waals surface area (Å²) in [5, 5.41) is 33.7. The molecule has 0 bridgehead atoms. The molecule has 0 radical (unpaired) electrons. The molecule has 3 fully saturated rings. The molecular formula is C24H33N5O9. The van der Waals surface area contributed by atoms with E-state index in [1.54, 1.807) is 24.5 Å². The highest BCUT2D eigenvalue weighted by Crippen LogP contribution is 2.51. The molecule has 0 spiro atoms. The lowest BCUT2D eigenvalue weighted by Crippen LogP contribution is -2.69. The quantitative estimate of drug-likeness (QED) is 0.213. The standard InChI is InChI=1S/C24H33N5O9/c1-5-10(2)22(31)37-18-15(30)12(23(32)35-4)6-11-7-13-16(38-24(11,18)33)17(34-3)21(36-13)29-9-28-14-19(25)26-8-27-20(14)29/h5,8-9,11-13,15-18,21-22,30-31,33H,6-7H2,1-4H3,(H2,25,26,27)/b10-5+/t11?,12?,13?,15-,16?,17-,18+,21-,22?,24-/m1/s1. The smallest absolute Gasteiger partial charge is 0.311 e. The molecule has 0 aromatic carbocycles. The molecule has 3 aliphatic rings. The highest BCUT2D eigenvalue weighted by atomic mass is 16.7. The minimum absolute atomic E-state index is 0.0511. The average Bonchev–Trinajstić information content (AvgIpc) is 3.49. The number of nitrogens with two attached hydrogens (primary N) is 1. The Morgan fingerprint density at radius 1 is 1.32 bits per heavy atom. The number of hydrogen-bond donors (Lipinski definition) is 4. The van der Waals surface area contributed by atoms with Gasteiger partial charge in [-0.3, -0.25) is 9.36 Å². The number of hydrogen-bond acceptors (Lipinski definition) is 13. The fourth-order valence-electron chi connectivity index (χ4n) is 5.75. The minimum Gasteiger partial charge on any atom is -0.469 e. The predicted octanol–water partition coefficient (Wildman–Crippen LogP) is -0.362. The summed E-state index contributed by atoms with van der Waals surface area (Å²) >= 11 is 0. The molecule has 2 aromatic rings. The maximum atomic E-state index is 12.5. The number of allylic oxidation sites excluding steroid dienone is 1. The summed E-state index contributed by atoms with van der Waals surface area (Å²) in [5.41, 5.74) is 7.24. The van der Waals surface area contributed by atoms with Crippen molar-refractivity contribution in [2.45, 2.75) is 75.5 Å². The van der Waals surface area contributed by atoms with E-state index < -0.39 is 66.6 Å². The number of rotatable bonds is 6. The van der Waals surface area contributed by atoms with Crippen molar-refractivity contribution in [2.24, 2.45) is 11.8 Å². The lowest BCUT2D eigenvalue weighted by molar-refractivity contribution is -0.383. The van der Waals surface area contributed by atoms with Crippen LogP contribution >= 0.6 is 0 Å². The van der Waals surface area contributed by atoms with Gasteiger partial charge in [-0.1, -0.05) is 6.08 Å². The van der Waals surface area contributed by atoms with Crippen LogP contribution in [0.1, 0.15) is 32.9 Å². The molecule has 2 aromatic heterocycles. The van der Waals surface area contributed by atoms with Crippen molar-refractivity contribution in [3.8, 4) is 0 Å². The Morgan fingerprint density at radius 2 is 2.08 bits per heavy atom. The molecule has 5 N–H and O–H groups in total. The number of fused-ring (bicyclic) bond motifs is 3. The first kappa shape index (κ1) is 26.9. The highest BCUT2D eigenvalue weighted by molar-refractivity contribution is 5.81. The third-order valence-electron chi connectivity index (χ3n) is 7.94. The first-order valence-corrected chi connectivity index (χ1v) is 12.4. The topological polar surface area (TPSA) is 194 Å². The van der Waals surface area contributed by atoms with Crippen LogP contribution in [-0.2, 0) is 28.5 Å². The number of esters is 1.